The number of aromatic hydroxyl groups is 1. The van der Waals surface area contributed by atoms with Crippen LogP contribution in [0, 0.1) is 0 Å². The van der Waals surface area contributed by atoms with Gasteiger partial charge >= 0.3 is 0 Å². The Morgan fingerprint density at radius 2 is 1.86 bits per heavy atom. The van der Waals surface area contributed by atoms with E-state index in [-0.39, 0.29) is 11.0 Å². The zero-order valence-electron chi connectivity index (χ0n) is 17.1. The summed E-state index contributed by atoms with van der Waals surface area (Å²) in [5.74, 6) is 2.09. The van der Waals surface area contributed by atoms with Gasteiger partial charge in [-0.25, -0.2) is 0 Å². The van der Waals surface area contributed by atoms with Crippen LogP contribution in [0.3, 0.4) is 0 Å². The Morgan fingerprint density at radius 1 is 1.10 bits per heavy atom. The van der Waals surface area contributed by atoms with Crippen LogP contribution in [0.4, 0.5) is 0 Å². The molecule has 1 atom stereocenters. The second-order valence-corrected chi connectivity index (χ2v) is 8.34. The first-order chi connectivity index (χ1) is 14.1. The summed E-state index contributed by atoms with van der Waals surface area (Å²) in [6, 6.07) is 15.4. The van der Waals surface area contributed by atoms with E-state index in [2.05, 4.69) is 48.3 Å². The van der Waals surface area contributed by atoms with Gasteiger partial charge in [-0.15, -0.1) is 22.0 Å². The van der Waals surface area contributed by atoms with E-state index in [0.717, 1.165) is 35.4 Å². The lowest BCUT2D eigenvalue weighted by Crippen LogP contribution is -2.11. The number of para-hydroxylation sites is 1. The van der Waals surface area contributed by atoms with Crippen molar-refractivity contribution in [3.8, 4) is 17.2 Å². The fourth-order valence-electron chi connectivity index (χ4n) is 2.92. The molecule has 1 unspecified atom stereocenters. The van der Waals surface area contributed by atoms with Crippen LogP contribution in [0.5, 0.6) is 5.75 Å². The van der Waals surface area contributed by atoms with Crippen LogP contribution in [0.25, 0.3) is 17.5 Å². The molecule has 1 N–H and O–H groups in total. The van der Waals surface area contributed by atoms with Gasteiger partial charge in [0.25, 0.3) is 0 Å². The molecule has 0 aliphatic heterocycles. The number of hydrogen-bond donors (Lipinski definition) is 1. The fourth-order valence-corrected chi connectivity index (χ4v) is 3.87. The van der Waals surface area contributed by atoms with Crippen molar-refractivity contribution < 1.29 is 9.52 Å². The topological polar surface area (TPSA) is 62.4 Å². The molecule has 1 heterocycles. The number of rotatable bonds is 9. The van der Waals surface area contributed by atoms with Crippen molar-refractivity contribution in [2.24, 2.45) is 0 Å². The van der Waals surface area contributed by atoms with Crippen molar-refractivity contribution in [1.82, 2.24) is 15.1 Å². The number of benzene rings is 2. The van der Waals surface area contributed by atoms with Gasteiger partial charge in [-0.1, -0.05) is 49.4 Å². The summed E-state index contributed by atoms with van der Waals surface area (Å²) in [6.45, 7) is 3.10. The Bertz CT molecular complexity index is 935. The molecular formula is C23H27N3O2S. The second kappa shape index (κ2) is 10.3. The van der Waals surface area contributed by atoms with E-state index in [4.69, 9.17) is 4.42 Å². The molecule has 6 heteroatoms. The van der Waals surface area contributed by atoms with Crippen LogP contribution in [-0.2, 0) is 0 Å². The first kappa shape index (κ1) is 21.1. The molecule has 0 amide bonds. The molecule has 0 aliphatic rings. The maximum absolute atomic E-state index is 10.2. The number of phenols is 1. The standard InChI is InChI=1S/C23H27N3O2S/c1-4-29-21(19-10-5-6-11-20(19)27)23-25-24-22(28-23)18-14-12-17(13-15-18)9-7-8-16-26(2)3/h5-7,9-15,21,27H,4,8,16H2,1-3H3. The van der Waals surface area contributed by atoms with Gasteiger partial charge in [0.15, 0.2) is 0 Å². The largest absolute Gasteiger partial charge is 0.508 e. The Balaban J connectivity index is 1.75. The molecule has 3 rings (SSSR count). The smallest absolute Gasteiger partial charge is 0.247 e. The molecule has 152 valence electrons. The summed E-state index contributed by atoms with van der Waals surface area (Å²) in [5.41, 5.74) is 2.81. The van der Waals surface area contributed by atoms with Crippen molar-refractivity contribution in [2.45, 2.75) is 18.6 Å². The highest BCUT2D eigenvalue weighted by atomic mass is 32.2. The average Bonchev–Trinajstić information content (AvgIpc) is 3.20. The normalized spacial score (nSPS) is 12.7. The third-order valence-corrected chi connectivity index (χ3v) is 5.55. The summed E-state index contributed by atoms with van der Waals surface area (Å²) < 4.78 is 5.98. The highest BCUT2D eigenvalue weighted by molar-refractivity contribution is 7.99. The van der Waals surface area contributed by atoms with Gasteiger partial charge < -0.3 is 14.4 Å². The molecule has 0 bridgehead atoms. The fraction of sp³-hybridized carbons (Fsp3) is 0.304. The van der Waals surface area contributed by atoms with Crippen molar-refractivity contribution >= 4 is 17.8 Å². The summed E-state index contributed by atoms with van der Waals surface area (Å²) >= 11 is 1.65. The lowest BCUT2D eigenvalue weighted by molar-refractivity contribution is 0.417. The van der Waals surface area contributed by atoms with E-state index >= 15 is 0 Å². The molecule has 1 aromatic heterocycles. The lowest BCUT2D eigenvalue weighted by Gasteiger charge is -2.13. The predicted octanol–water partition coefficient (Wildman–Crippen LogP) is 5.25. The van der Waals surface area contributed by atoms with Crippen LogP contribution in [0.15, 0.2) is 59.0 Å². The molecule has 0 radical (unpaired) electrons. The molecular weight excluding hydrogens is 382 g/mol. The van der Waals surface area contributed by atoms with Gasteiger partial charge in [0, 0.05) is 17.7 Å². The molecule has 0 aliphatic carbocycles. The predicted molar refractivity (Wildman–Crippen MR) is 120 cm³/mol. The van der Waals surface area contributed by atoms with Gasteiger partial charge in [-0.2, -0.15) is 0 Å². The number of nitrogens with zero attached hydrogens (tertiary/aromatic N) is 3. The van der Waals surface area contributed by atoms with Crippen molar-refractivity contribution in [3.63, 3.8) is 0 Å². The first-order valence-corrected chi connectivity index (χ1v) is 10.8. The van der Waals surface area contributed by atoms with Crippen LogP contribution in [0.1, 0.15) is 35.6 Å². The Labute approximate surface area is 176 Å². The van der Waals surface area contributed by atoms with E-state index in [0.29, 0.717) is 11.8 Å². The summed E-state index contributed by atoms with van der Waals surface area (Å²) in [4.78, 5) is 2.17. The minimum Gasteiger partial charge on any atom is -0.508 e. The Kier molecular flexibility index (Phi) is 7.49. The lowest BCUT2D eigenvalue weighted by atomic mass is 10.1. The van der Waals surface area contributed by atoms with Gasteiger partial charge in [-0.3, -0.25) is 0 Å². The Hall–Kier alpha value is -2.57. The number of thioether (sulfide) groups is 1. The van der Waals surface area contributed by atoms with Crippen LogP contribution >= 0.6 is 11.8 Å². The summed E-state index contributed by atoms with van der Waals surface area (Å²) in [7, 11) is 4.15. The molecule has 0 saturated carbocycles. The van der Waals surface area contributed by atoms with E-state index in [1.54, 1.807) is 17.8 Å². The third-order valence-electron chi connectivity index (χ3n) is 4.43. The molecule has 2 aromatic carbocycles. The van der Waals surface area contributed by atoms with Crippen LogP contribution in [0.2, 0.25) is 0 Å². The van der Waals surface area contributed by atoms with Gasteiger partial charge in [0.2, 0.25) is 11.8 Å². The Morgan fingerprint density at radius 3 is 2.55 bits per heavy atom. The SMILES string of the molecule is CCSC(c1nnc(-c2ccc(C=CCCN(C)C)cc2)o1)c1ccccc1O. The zero-order chi connectivity index (χ0) is 20.6. The van der Waals surface area contributed by atoms with Crippen molar-refractivity contribution in [1.29, 1.82) is 0 Å². The molecule has 0 fully saturated rings. The molecule has 29 heavy (non-hydrogen) atoms. The minimum atomic E-state index is -0.193. The van der Waals surface area contributed by atoms with E-state index < -0.39 is 0 Å². The van der Waals surface area contributed by atoms with Crippen LogP contribution in [-0.4, -0.2) is 46.6 Å². The van der Waals surface area contributed by atoms with Gasteiger partial charge in [-0.05, 0) is 50.0 Å². The zero-order valence-corrected chi connectivity index (χ0v) is 17.9. The third kappa shape index (κ3) is 5.71. The van der Waals surface area contributed by atoms with E-state index in [1.165, 1.54) is 0 Å². The summed E-state index contributed by atoms with van der Waals surface area (Å²) in [5, 5.41) is 18.5. The van der Waals surface area contributed by atoms with Crippen LogP contribution < -0.4 is 0 Å². The number of hydrogen-bond acceptors (Lipinski definition) is 6. The molecule has 0 spiro atoms. The average molecular weight is 410 g/mol. The molecule has 0 saturated heterocycles. The van der Waals surface area contributed by atoms with Gasteiger partial charge in [0.1, 0.15) is 11.0 Å². The van der Waals surface area contributed by atoms with E-state index in [9.17, 15) is 5.11 Å². The monoisotopic (exact) mass is 409 g/mol. The highest BCUT2D eigenvalue weighted by Gasteiger charge is 2.23. The van der Waals surface area contributed by atoms with Crippen molar-refractivity contribution in [3.05, 3.63) is 71.6 Å². The highest BCUT2D eigenvalue weighted by Crippen LogP contribution is 2.39. The minimum absolute atomic E-state index is 0.193. The molecule has 3 aromatic rings. The first-order valence-electron chi connectivity index (χ1n) is 9.73. The number of aromatic nitrogens is 2. The maximum atomic E-state index is 10.2. The summed E-state index contributed by atoms with van der Waals surface area (Å²) in [6.07, 6.45) is 5.32. The molecule has 5 nitrogen and oxygen atoms in total. The maximum Gasteiger partial charge on any atom is 0.247 e. The van der Waals surface area contributed by atoms with Gasteiger partial charge in [0.05, 0.1) is 0 Å². The number of phenolic OH excluding ortho intramolecular Hbond substituents is 1. The van der Waals surface area contributed by atoms with Crippen molar-refractivity contribution in [2.75, 3.05) is 26.4 Å². The quantitative estimate of drug-likeness (QED) is 0.521. The second-order valence-electron chi connectivity index (χ2n) is 6.96. The van der Waals surface area contributed by atoms with E-state index in [1.807, 2.05) is 42.5 Å².